The van der Waals surface area contributed by atoms with Gasteiger partial charge in [-0.3, -0.25) is 0 Å². The molecule has 3 rings (SSSR count). The van der Waals surface area contributed by atoms with E-state index in [-0.39, 0.29) is 0 Å². The second kappa shape index (κ2) is 6.74. The molecule has 0 radical (unpaired) electrons. The predicted octanol–water partition coefficient (Wildman–Crippen LogP) is 5.00. The maximum atomic E-state index is 14.0. The summed E-state index contributed by atoms with van der Waals surface area (Å²) in [7, 11) is 0. The van der Waals surface area contributed by atoms with Gasteiger partial charge >= 0.3 is 0 Å². The normalized spacial score (nSPS) is 11.4. The number of pyridine rings is 1. The molecule has 0 fully saturated rings. The van der Waals surface area contributed by atoms with Crippen LogP contribution in [-0.2, 0) is 0 Å². The summed E-state index contributed by atoms with van der Waals surface area (Å²) < 4.78 is 16.0. The number of aryl methyl sites for hydroxylation is 2. The molecule has 0 bridgehead atoms. The number of nitrogens with zero attached hydrogens (tertiary/aromatic N) is 3. The SMILES string of the molecule is Cc1ccc(-n2c(C)cc(/C=C(/C#N)c3ccccc3F)c2C)nc1. The molecule has 3 aromatic rings. The average molecular weight is 331 g/mol. The zero-order valence-electron chi connectivity index (χ0n) is 14.4. The first-order valence-electron chi connectivity index (χ1n) is 8.00. The van der Waals surface area contributed by atoms with Gasteiger partial charge in [-0.25, -0.2) is 9.37 Å². The Balaban J connectivity index is 2.10. The van der Waals surface area contributed by atoms with Crippen LogP contribution in [0.2, 0.25) is 0 Å². The fourth-order valence-electron chi connectivity index (χ4n) is 2.88. The lowest BCUT2D eigenvalue weighted by Crippen LogP contribution is -2.01. The lowest BCUT2D eigenvalue weighted by molar-refractivity contribution is 0.624. The van der Waals surface area contributed by atoms with Gasteiger partial charge in [-0.2, -0.15) is 5.26 Å². The van der Waals surface area contributed by atoms with E-state index in [4.69, 9.17) is 0 Å². The van der Waals surface area contributed by atoms with E-state index in [9.17, 15) is 9.65 Å². The third-order valence-electron chi connectivity index (χ3n) is 4.18. The van der Waals surface area contributed by atoms with Crippen LogP contribution >= 0.6 is 0 Å². The molecule has 2 heterocycles. The molecule has 0 amide bonds. The quantitative estimate of drug-likeness (QED) is 0.634. The highest BCUT2D eigenvalue weighted by Crippen LogP contribution is 2.25. The zero-order valence-corrected chi connectivity index (χ0v) is 14.4. The molecule has 0 aliphatic heterocycles. The number of hydrogen-bond acceptors (Lipinski definition) is 2. The molecular formula is C21H18FN3. The van der Waals surface area contributed by atoms with Crippen LogP contribution in [0.4, 0.5) is 4.39 Å². The molecular weight excluding hydrogens is 313 g/mol. The van der Waals surface area contributed by atoms with Crippen LogP contribution in [0, 0.1) is 37.9 Å². The summed E-state index contributed by atoms with van der Waals surface area (Å²) in [4.78, 5) is 4.47. The van der Waals surface area contributed by atoms with Crippen LogP contribution in [0.25, 0.3) is 17.5 Å². The second-order valence-corrected chi connectivity index (χ2v) is 6.01. The molecule has 3 nitrogen and oxygen atoms in total. The summed E-state index contributed by atoms with van der Waals surface area (Å²) in [5, 5.41) is 9.48. The number of benzene rings is 1. The Morgan fingerprint density at radius 1 is 1.16 bits per heavy atom. The lowest BCUT2D eigenvalue weighted by Gasteiger charge is -2.08. The van der Waals surface area contributed by atoms with Gasteiger partial charge in [-0.15, -0.1) is 0 Å². The monoisotopic (exact) mass is 331 g/mol. The molecule has 25 heavy (non-hydrogen) atoms. The minimum absolute atomic E-state index is 0.301. The van der Waals surface area contributed by atoms with Crippen molar-refractivity contribution in [2.75, 3.05) is 0 Å². The first kappa shape index (κ1) is 16.7. The van der Waals surface area contributed by atoms with Crippen molar-refractivity contribution in [2.45, 2.75) is 20.8 Å². The molecule has 0 aliphatic rings. The van der Waals surface area contributed by atoms with Gasteiger partial charge in [0, 0.05) is 23.1 Å². The largest absolute Gasteiger partial charge is 0.303 e. The predicted molar refractivity (Wildman–Crippen MR) is 97.7 cm³/mol. The first-order chi connectivity index (χ1) is 12.0. The van der Waals surface area contributed by atoms with E-state index >= 15 is 0 Å². The minimum Gasteiger partial charge on any atom is -0.303 e. The molecule has 0 spiro atoms. The maximum Gasteiger partial charge on any atom is 0.136 e. The maximum absolute atomic E-state index is 14.0. The summed E-state index contributed by atoms with van der Waals surface area (Å²) in [5.74, 6) is 0.425. The van der Waals surface area contributed by atoms with Crippen molar-refractivity contribution in [3.63, 3.8) is 0 Å². The molecule has 4 heteroatoms. The third-order valence-corrected chi connectivity index (χ3v) is 4.18. The summed E-state index contributed by atoms with van der Waals surface area (Å²) in [6.45, 7) is 5.95. The molecule has 0 N–H and O–H groups in total. The van der Waals surface area contributed by atoms with E-state index in [1.54, 1.807) is 24.3 Å². The summed E-state index contributed by atoms with van der Waals surface area (Å²) in [5.41, 5.74) is 4.54. The Morgan fingerprint density at radius 3 is 2.56 bits per heavy atom. The lowest BCUT2D eigenvalue weighted by atomic mass is 10.0. The number of nitriles is 1. The molecule has 0 atom stereocenters. The fraction of sp³-hybridized carbons (Fsp3) is 0.143. The summed E-state index contributed by atoms with van der Waals surface area (Å²) in [6, 6.07) is 14.4. The van der Waals surface area contributed by atoms with E-state index in [0.717, 1.165) is 28.3 Å². The van der Waals surface area contributed by atoms with Crippen molar-refractivity contribution in [3.8, 4) is 11.9 Å². The number of allylic oxidation sites excluding steroid dienone is 1. The number of aromatic nitrogens is 2. The van der Waals surface area contributed by atoms with Crippen molar-refractivity contribution in [3.05, 3.63) is 82.6 Å². The van der Waals surface area contributed by atoms with Crippen molar-refractivity contribution >= 4 is 11.6 Å². The molecule has 2 aromatic heterocycles. The average Bonchev–Trinajstić information content (AvgIpc) is 2.88. The summed E-state index contributed by atoms with van der Waals surface area (Å²) in [6.07, 6.45) is 3.55. The van der Waals surface area contributed by atoms with E-state index in [1.807, 2.05) is 49.7 Å². The minimum atomic E-state index is -0.399. The van der Waals surface area contributed by atoms with Crippen molar-refractivity contribution < 1.29 is 4.39 Å². The van der Waals surface area contributed by atoms with Crippen LogP contribution in [0.3, 0.4) is 0 Å². The van der Waals surface area contributed by atoms with Crippen molar-refractivity contribution in [1.82, 2.24) is 9.55 Å². The van der Waals surface area contributed by atoms with Crippen LogP contribution in [-0.4, -0.2) is 9.55 Å². The zero-order chi connectivity index (χ0) is 18.0. The van der Waals surface area contributed by atoms with Crippen molar-refractivity contribution in [2.24, 2.45) is 0 Å². The Morgan fingerprint density at radius 2 is 1.92 bits per heavy atom. The highest BCUT2D eigenvalue weighted by atomic mass is 19.1. The van der Waals surface area contributed by atoms with Crippen LogP contribution in [0.5, 0.6) is 0 Å². The number of halogens is 1. The van der Waals surface area contributed by atoms with Gasteiger partial charge in [-0.05, 0) is 56.2 Å². The topological polar surface area (TPSA) is 41.6 Å². The number of hydrogen-bond donors (Lipinski definition) is 0. The van der Waals surface area contributed by atoms with Gasteiger partial charge in [0.05, 0.1) is 11.6 Å². The van der Waals surface area contributed by atoms with E-state index in [1.165, 1.54) is 6.07 Å². The van der Waals surface area contributed by atoms with Gasteiger partial charge in [0.2, 0.25) is 0 Å². The van der Waals surface area contributed by atoms with Crippen LogP contribution < -0.4 is 0 Å². The fourth-order valence-corrected chi connectivity index (χ4v) is 2.88. The molecule has 0 saturated carbocycles. The molecule has 0 unspecified atom stereocenters. The van der Waals surface area contributed by atoms with E-state index in [0.29, 0.717) is 11.1 Å². The van der Waals surface area contributed by atoms with E-state index in [2.05, 4.69) is 11.1 Å². The second-order valence-electron chi connectivity index (χ2n) is 6.01. The first-order valence-corrected chi connectivity index (χ1v) is 8.00. The Hall–Kier alpha value is -3.19. The molecule has 124 valence electrons. The summed E-state index contributed by atoms with van der Waals surface area (Å²) >= 11 is 0. The Kier molecular flexibility index (Phi) is 4.49. The number of rotatable bonds is 3. The Bertz CT molecular complexity index is 989. The van der Waals surface area contributed by atoms with Gasteiger partial charge in [-0.1, -0.05) is 24.3 Å². The third kappa shape index (κ3) is 3.22. The van der Waals surface area contributed by atoms with Crippen LogP contribution in [0.15, 0.2) is 48.7 Å². The molecule has 0 aliphatic carbocycles. The van der Waals surface area contributed by atoms with E-state index < -0.39 is 5.82 Å². The van der Waals surface area contributed by atoms with Crippen LogP contribution in [0.1, 0.15) is 28.1 Å². The van der Waals surface area contributed by atoms with Gasteiger partial charge in [0.25, 0.3) is 0 Å². The molecule has 1 aromatic carbocycles. The van der Waals surface area contributed by atoms with Crippen molar-refractivity contribution in [1.29, 1.82) is 5.26 Å². The highest BCUT2D eigenvalue weighted by molar-refractivity contribution is 5.90. The molecule has 0 saturated heterocycles. The Labute approximate surface area is 146 Å². The highest BCUT2D eigenvalue weighted by Gasteiger charge is 2.13. The van der Waals surface area contributed by atoms with Gasteiger partial charge in [0.1, 0.15) is 11.6 Å². The van der Waals surface area contributed by atoms with Gasteiger partial charge < -0.3 is 4.57 Å². The smallest absolute Gasteiger partial charge is 0.136 e. The van der Waals surface area contributed by atoms with Gasteiger partial charge in [0.15, 0.2) is 0 Å². The standard InChI is InChI=1S/C21H18FN3/c1-14-8-9-21(24-13-14)25-15(2)10-17(16(25)3)11-18(12-23)19-6-4-5-7-20(19)22/h4-11,13H,1-3H3/b18-11-.